The van der Waals surface area contributed by atoms with E-state index in [4.69, 9.17) is 26.4 Å². The van der Waals surface area contributed by atoms with Gasteiger partial charge in [-0.3, -0.25) is 0 Å². The second-order valence-corrected chi connectivity index (χ2v) is 6.64. The average molecular weight is 403 g/mol. The highest BCUT2D eigenvalue weighted by Crippen LogP contribution is 2.18. The fourth-order valence-corrected chi connectivity index (χ4v) is 2.73. The minimum atomic E-state index is -0.356. The van der Waals surface area contributed by atoms with Crippen LogP contribution < -0.4 is 20.1 Å². The molecule has 2 N–H and O–H groups in total. The highest BCUT2D eigenvalue weighted by atomic mass is 32.1. The molecule has 0 saturated carbocycles. The lowest BCUT2D eigenvalue weighted by Gasteiger charge is -2.19. The van der Waals surface area contributed by atoms with E-state index in [1.54, 1.807) is 26.2 Å². The molecule has 0 aliphatic carbocycles. The highest BCUT2D eigenvalue weighted by Gasteiger charge is 2.11. The van der Waals surface area contributed by atoms with Crippen molar-refractivity contribution in [1.29, 1.82) is 0 Å². The maximum Gasteiger partial charge on any atom is 0.338 e. The minimum Gasteiger partial charge on any atom is -0.497 e. The predicted octanol–water partition coefficient (Wildman–Crippen LogP) is 3.93. The summed E-state index contributed by atoms with van der Waals surface area (Å²) in [6, 6.07) is 12.7. The molecule has 0 heterocycles. The topological polar surface area (TPSA) is 68.8 Å². The molecule has 0 spiro atoms. The molecule has 0 aliphatic heterocycles. The monoisotopic (exact) mass is 402 g/mol. The number of aryl methyl sites for hydroxylation is 1. The largest absolute Gasteiger partial charge is 0.497 e. The van der Waals surface area contributed by atoms with Crippen LogP contribution in [0.3, 0.4) is 0 Å². The van der Waals surface area contributed by atoms with Gasteiger partial charge in [-0.15, -0.1) is 0 Å². The number of hydrogen-bond donors (Lipinski definition) is 2. The van der Waals surface area contributed by atoms with Gasteiger partial charge in [-0.05, 0) is 75.0 Å². The van der Waals surface area contributed by atoms with Crippen molar-refractivity contribution in [2.24, 2.45) is 0 Å². The molecule has 150 valence electrons. The zero-order valence-electron chi connectivity index (χ0n) is 16.6. The molecule has 2 aromatic carbocycles. The smallest absolute Gasteiger partial charge is 0.338 e. The normalized spacial score (nSPS) is 11.3. The molecular formula is C21H26N2O4S. The van der Waals surface area contributed by atoms with Crippen LogP contribution in [0.2, 0.25) is 0 Å². The molecule has 0 aromatic heterocycles. The van der Waals surface area contributed by atoms with E-state index in [9.17, 15) is 4.79 Å². The van der Waals surface area contributed by atoms with Crippen LogP contribution in [0.5, 0.6) is 11.5 Å². The maximum absolute atomic E-state index is 11.9. The number of carbonyl (C=O) groups excluding carboxylic acids is 1. The van der Waals surface area contributed by atoms with Gasteiger partial charge in [0.05, 0.1) is 25.3 Å². The third kappa shape index (κ3) is 6.42. The number of rotatable bonds is 8. The zero-order chi connectivity index (χ0) is 20.5. The van der Waals surface area contributed by atoms with Gasteiger partial charge in [0.15, 0.2) is 5.11 Å². The minimum absolute atomic E-state index is 0.0179. The molecule has 0 unspecified atom stereocenters. The van der Waals surface area contributed by atoms with Crippen LogP contribution in [0.15, 0.2) is 42.5 Å². The fraction of sp³-hybridized carbons (Fsp3) is 0.333. The molecule has 7 heteroatoms. The quantitative estimate of drug-likeness (QED) is 0.512. The van der Waals surface area contributed by atoms with Crippen molar-refractivity contribution in [1.82, 2.24) is 5.32 Å². The Morgan fingerprint density at radius 3 is 2.46 bits per heavy atom. The summed E-state index contributed by atoms with van der Waals surface area (Å²) in [6.45, 7) is 6.46. The van der Waals surface area contributed by atoms with Gasteiger partial charge in [-0.1, -0.05) is 6.07 Å². The van der Waals surface area contributed by atoms with Gasteiger partial charge in [-0.2, -0.15) is 0 Å². The van der Waals surface area contributed by atoms with Crippen molar-refractivity contribution in [3.63, 3.8) is 0 Å². The summed E-state index contributed by atoms with van der Waals surface area (Å²) in [4.78, 5) is 11.9. The first kappa shape index (κ1) is 21.5. The fourth-order valence-electron chi connectivity index (χ4n) is 2.42. The van der Waals surface area contributed by atoms with Crippen LogP contribution >= 0.6 is 12.2 Å². The molecule has 2 aromatic rings. The number of nitrogens with one attached hydrogen (secondary N) is 2. The van der Waals surface area contributed by atoms with E-state index in [-0.39, 0.29) is 12.0 Å². The number of hydrogen-bond acceptors (Lipinski definition) is 5. The number of thiocarbonyl (C=S) groups is 1. The van der Waals surface area contributed by atoms with Crippen LogP contribution in [-0.4, -0.2) is 37.4 Å². The zero-order valence-corrected chi connectivity index (χ0v) is 17.4. The molecule has 0 saturated heterocycles. The molecule has 0 fully saturated rings. The summed E-state index contributed by atoms with van der Waals surface area (Å²) in [5, 5.41) is 6.76. The lowest BCUT2D eigenvalue weighted by molar-refractivity contribution is 0.0526. The number of carbonyl (C=O) groups is 1. The number of esters is 1. The van der Waals surface area contributed by atoms with Gasteiger partial charge < -0.3 is 24.8 Å². The molecule has 1 atom stereocenters. The maximum atomic E-state index is 11.9. The molecule has 28 heavy (non-hydrogen) atoms. The third-order valence-electron chi connectivity index (χ3n) is 3.93. The van der Waals surface area contributed by atoms with Gasteiger partial charge in [0.2, 0.25) is 0 Å². The highest BCUT2D eigenvalue weighted by molar-refractivity contribution is 7.80. The summed E-state index contributed by atoms with van der Waals surface area (Å²) in [6.07, 6.45) is 0. The molecule has 0 amide bonds. The second kappa shape index (κ2) is 10.5. The van der Waals surface area contributed by atoms with Crippen molar-refractivity contribution in [2.45, 2.75) is 26.8 Å². The van der Waals surface area contributed by atoms with E-state index < -0.39 is 0 Å². The van der Waals surface area contributed by atoms with Crippen LogP contribution in [0.4, 0.5) is 5.69 Å². The SMILES string of the molecule is CCOC(=O)c1ccc(C)c(NC(=S)N[C@H](C)COc2ccc(OC)cc2)c1. The first-order valence-corrected chi connectivity index (χ1v) is 9.46. The van der Waals surface area contributed by atoms with Crippen LogP contribution in [0.1, 0.15) is 29.8 Å². The molecule has 0 aliphatic rings. The predicted molar refractivity (Wildman–Crippen MR) is 114 cm³/mol. The van der Waals surface area contributed by atoms with Gasteiger partial charge in [-0.25, -0.2) is 4.79 Å². The number of ether oxygens (including phenoxy) is 3. The number of anilines is 1. The van der Waals surface area contributed by atoms with E-state index in [0.717, 1.165) is 22.7 Å². The summed E-state index contributed by atoms with van der Waals surface area (Å²) >= 11 is 5.39. The van der Waals surface area contributed by atoms with Gasteiger partial charge in [0.1, 0.15) is 18.1 Å². The number of methoxy groups -OCH3 is 1. The summed E-state index contributed by atoms with van der Waals surface area (Å²) in [5.74, 6) is 1.18. The van der Waals surface area contributed by atoms with E-state index in [0.29, 0.717) is 23.9 Å². The average Bonchev–Trinajstić information content (AvgIpc) is 2.68. The lowest BCUT2D eigenvalue weighted by atomic mass is 10.1. The Balaban J connectivity index is 1.88. The van der Waals surface area contributed by atoms with E-state index in [2.05, 4.69) is 10.6 Å². The summed E-state index contributed by atoms with van der Waals surface area (Å²) in [5.41, 5.74) is 2.21. The van der Waals surface area contributed by atoms with Crippen molar-refractivity contribution >= 4 is 29.0 Å². The molecule has 0 radical (unpaired) electrons. The van der Waals surface area contributed by atoms with Crippen molar-refractivity contribution in [3.05, 3.63) is 53.6 Å². The summed E-state index contributed by atoms with van der Waals surface area (Å²) in [7, 11) is 1.62. The first-order valence-electron chi connectivity index (χ1n) is 9.05. The Bertz CT molecular complexity index is 809. The van der Waals surface area contributed by atoms with Gasteiger partial charge >= 0.3 is 5.97 Å². The Morgan fingerprint density at radius 2 is 1.82 bits per heavy atom. The summed E-state index contributed by atoms with van der Waals surface area (Å²) < 4.78 is 15.9. The standard InChI is InChI=1S/C21H26N2O4S/c1-5-26-20(24)16-7-6-14(2)19(12-16)23-21(28)22-15(3)13-27-18-10-8-17(25-4)9-11-18/h6-12,15H,5,13H2,1-4H3,(H2,22,23,28)/t15-/m1/s1. The molecule has 0 bridgehead atoms. The lowest BCUT2D eigenvalue weighted by Crippen LogP contribution is -2.39. The Kier molecular flexibility index (Phi) is 8.07. The molecule has 6 nitrogen and oxygen atoms in total. The van der Waals surface area contributed by atoms with E-state index in [1.807, 2.05) is 44.2 Å². The molecule has 2 rings (SSSR count). The Morgan fingerprint density at radius 1 is 1.14 bits per heavy atom. The van der Waals surface area contributed by atoms with Crippen molar-refractivity contribution in [2.75, 3.05) is 25.6 Å². The van der Waals surface area contributed by atoms with Gasteiger partial charge in [0.25, 0.3) is 0 Å². The van der Waals surface area contributed by atoms with E-state index in [1.165, 1.54) is 0 Å². The molecular weight excluding hydrogens is 376 g/mol. The van der Waals surface area contributed by atoms with Crippen molar-refractivity contribution < 1.29 is 19.0 Å². The third-order valence-corrected chi connectivity index (χ3v) is 4.15. The van der Waals surface area contributed by atoms with Crippen LogP contribution in [0.25, 0.3) is 0 Å². The first-order chi connectivity index (χ1) is 13.4. The van der Waals surface area contributed by atoms with Crippen LogP contribution in [0, 0.1) is 6.92 Å². The Labute approximate surface area is 171 Å². The van der Waals surface area contributed by atoms with E-state index >= 15 is 0 Å². The second-order valence-electron chi connectivity index (χ2n) is 6.24. The Hall–Kier alpha value is -2.80. The van der Waals surface area contributed by atoms with Crippen molar-refractivity contribution in [3.8, 4) is 11.5 Å². The number of benzene rings is 2. The van der Waals surface area contributed by atoms with Gasteiger partial charge in [0, 0.05) is 5.69 Å². The van der Waals surface area contributed by atoms with Crippen LogP contribution in [-0.2, 0) is 4.74 Å².